The van der Waals surface area contributed by atoms with Gasteiger partial charge in [-0.3, -0.25) is 4.79 Å². The Morgan fingerprint density at radius 1 is 1.13 bits per heavy atom. The maximum Gasteiger partial charge on any atom is 0.416 e. The molecular formula is C23H31F3N2OS. The predicted octanol–water partition coefficient (Wildman–Crippen LogP) is 6.58. The van der Waals surface area contributed by atoms with Crippen molar-refractivity contribution in [3.63, 3.8) is 0 Å². The number of likely N-dealkylation sites (tertiary alicyclic amines) is 1. The summed E-state index contributed by atoms with van der Waals surface area (Å²) in [6.45, 7) is 8.95. The summed E-state index contributed by atoms with van der Waals surface area (Å²) >= 11 is 1.24. The minimum Gasteiger partial charge on any atom is -0.306 e. The van der Waals surface area contributed by atoms with E-state index in [-0.39, 0.29) is 0 Å². The first-order valence-electron chi connectivity index (χ1n) is 10.2. The monoisotopic (exact) mass is 440 g/mol. The number of carbonyl (C=O) groups excluding carboxylic acids is 1. The molecule has 3 nitrogen and oxygen atoms in total. The number of piperidine rings is 1. The SMILES string of the molecule is CC.CC1CCN(C)CC1.O=Cc1cccc(CSc2cccc(C(F)(F)F)c2)n1. The fraction of sp³-hybridized carbons (Fsp3) is 0.478. The third kappa shape index (κ3) is 9.76. The minimum atomic E-state index is -4.34. The van der Waals surface area contributed by atoms with E-state index in [9.17, 15) is 18.0 Å². The number of benzene rings is 1. The fourth-order valence-corrected chi connectivity index (χ4v) is 3.56. The molecule has 166 valence electrons. The molecule has 1 aromatic carbocycles. The lowest BCUT2D eigenvalue weighted by atomic mass is 10.00. The molecule has 2 aromatic rings. The Balaban J connectivity index is 0.000000375. The highest BCUT2D eigenvalue weighted by molar-refractivity contribution is 7.98. The quantitative estimate of drug-likeness (QED) is 0.397. The van der Waals surface area contributed by atoms with Crippen molar-refractivity contribution in [1.29, 1.82) is 0 Å². The number of hydrogen-bond donors (Lipinski definition) is 0. The summed E-state index contributed by atoms with van der Waals surface area (Å²) < 4.78 is 37.7. The second kappa shape index (κ2) is 13.4. The zero-order chi connectivity index (χ0) is 22.6. The van der Waals surface area contributed by atoms with Crippen molar-refractivity contribution >= 4 is 18.0 Å². The van der Waals surface area contributed by atoms with Crippen LogP contribution in [-0.2, 0) is 11.9 Å². The molecule has 1 aliphatic heterocycles. The predicted molar refractivity (Wildman–Crippen MR) is 118 cm³/mol. The topological polar surface area (TPSA) is 33.2 Å². The zero-order valence-corrected chi connectivity index (χ0v) is 18.9. The highest BCUT2D eigenvalue weighted by Crippen LogP contribution is 2.32. The van der Waals surface area contributed by atoms with Crippen LogP contribution in [0.2, 0.25) is 0 Å². The molecule has 0 aliphatic carbocycles. The van der Waals surface area contributed by atoms with Crippen LogP contribution in [0.25, 0.3) is 0 Å². The molecule has 30 heavy (non-hydrogen) atoms. The molecule has 3 rings (SSSR count). The first-order valence-corrected chi connectivity index (χ1v) is 11.2. The van der Waals surface area contributed by atoms with E-state index in [1.807, 2.05) is 13.8 Å². The Hall–Kier alpha value is -1.86. The smallest absolute Gasteiger partial charge is 0.306 e. The highest BCUT2D eigenvalue weighted by Gasteiger charge is 2.30. The van der Waals surface area contributed by atoms with E-state index in [1.165, 1.54) is 43.8 Å². The number of halogens is 3. The molecule has 1 fully saturated rings. The Morgan fingerprint density at radius 3 is 2.33 bits per heavy atom. The summed E-state index contributed by atoms with van der Waals surface area (Å²) in [7, 11) is 2.20. The van der Waals surface area contributed by atoms with E-state index in [2.05, 4.69) is 23.9 Å². The van der Waals surface area contributed by atoms with Gasteiger partial charge in [0.05, 0.1) is 11.3 Å². The van der Waals surface area contributed by atoms with Crippen LogP contribution in [0.4, 0.5) is 13.2 Å². The van der Waals surface area contributed by atoms with E-state index in [4.69, 9.17) is 0 Å². The number of thioether (sulfide) groups is 1. The van der Waals surface area contributed by atoms with Crippen molar-refractivity contribution in [2.45, 2.75) is 50.4 Å². The lowest BCUT2D eigenvalue weighted by Gasteiger charge is -2.26. The van der Waals surface area contributed by atoms with Crippen molar-refractivity contribution in [2.24, 2.45) is 5.92 Å². The average molecular weight is 441 g/mol. The lowest BCUT2D eigenvalue weighted by molar-refractivity contribution is -0.137. The van der Waals surface area contributed by atoms with Crippen LogP contribution in [0.15, 0.2) is 47.4 Å². The molecule has 0 radical (unpaired) electrons. The maximum atomic E-state index is 12.6. The Bertz CT molecular complexity index is 750. The average Bonchev–Trinajstić information content (AvgIpc) is 2.76. The molecule has 7 heteroatoms. The van der Waals surface area contributed by atoms with Gasteiger partial charge in [-0.2, -0.15) is 13.2 Å². The van der Waals surface area contributed by atoms with Crippen LogP contribution in [0.1, 0.15) is 55.4 Å². The third-order valence-electron chi connectivity index (χ3n) is 4.50. The van der Waals surface area contributed by atoms with Crippen LogP contribution in [-0.4, -0.2) is 36.3 Å². The van der Waals surface area contributed by atoms with Crippen LogP contribution in [0, 0.1) is 5.92 Å². The van der Waals surface area contributed by atoms with Crippen molar-refractivity contribution in [3.05, 3.63) is 59.4 Å². The molecule has 0 amide bonds. The molecule has 0 unspecified atom stereocenters. The molecule has 0 N–H and O–H groups in total. The van der Waals surface area contributed by atoms with Gasteiger partial charge >= 0.3 is 6.18 Å². The number of hydrogen-bond acceptors (Lipinski definition) is 4. The van der Waals surface area contributed by atoms with Gasteiger partial charge in [0, 0.05) is 10.6 Å². The maximum absolute atomic E-state index is 12.6. The number of nitrogens with zero attached hydrogens (tertiary/aromatic N) is 2. The molecule has 1 aliphatic rings. The summed E-state index contributed by atoms with van der Waals surface area (Å²) in [5.74, 6) is 1.38. The van der Waals surface area contributed by atoms with Crippen molar-refractivity contribution in [3.8, 4) is 0 Å². The van der Waals surface area contributed by atoms with E-state index in [0.29, 0.717) is 28.3 Å². The summed E-state index contributed by atoms with van der Waals surface area (Å²) in [6.07, 6.45) is -0.905. The Kier molecular flexibility index (Phi) is 11.7. The fourth-order valence-electron chi connectivity index (χ4n) is 2.70. The molecule has 1 aromatic heterocycles. The lowest BCUT2D eigenvalue weighted by Crippen LogP contribution is -2.28. The molecule has 0 saturated carbocycles. The highest BCUT2D eigenvalue weighted by atomic mass is 32.2. The van der Waals surface area contributed by atoms with Gasteiger partial charge in [0.1, 0.15) is 5.69 Å². The number of pyridine rings is 1. The first kappa shape index (κ1) is 26.2. The molecule has 0 spiro atoms. The van der Waals surface area contributed by atoms with Gasteiger partial charge in [-0.15, -0.1) is 11.8 Å². The van der Waals surface area contributed by atoms with Gasteiger partial charge < -0.3 is 4.90 Å². The summed E-state index contributed by atoms with van der Waals surface area (Å²) in [4.78, 5) is 17.6. The van der Waals surface area contributed by atoms with Crippen molar-refractivity contribution in [2.75, 3.05) is 20.1 Å². The van der Waals surface area contributed by atoms with Crippen molar-refractivity contribution in [1.82, 2.24) is 9.88 Å². The summed E-state index contributed by atoms with van der Waals surface area (Å²) in [6, 6.07) is 10.1. The van der Waals surface area contributed by atoms with E-state index < -0.39 is 11.7 Å². The molecule has 2 heterocycles. The molecule has 0 bridgehead atoms. The van der Waals surface area contributed by atoms with Gasteiger partial charge in [-0.1, -0.05) is 32.9 Å². The van der Waals surface area contributed by atoms with Gasteiger partial charge in [0.25, 0.3) is 0 Å². The number of aromatic nitrogens is 1. The van der Waals surface area contributed by atoms with Crippen LogP contribution >= 0.6 is 11.8 Å². The van der Waals surface area contributed by atoms with E-state index in [1.54, 1.807) is 24.3 Å². The van der Waals surface area contributed by atoms with Gasteiger partial charge in [0.15, 0.2) is 6.29 Å². The van der Waals surface area contributed by atoms with E-state index >= 15 is 0 Å². The van der Waals surface area contributed by atoms with Crippen LogP contribution < -0.4 is 0 Å². The Morgan fingerprint density at radius 2 is 1.77 bits per heavy atom. The molecular weight excluding hydrogens is 409 g/mol. The zero-order valence-electron chi connectivity index (χ0n) is 18.1. The van der Waals surface area contributed by atoms with Gasteiger partial charge in [-0.25, -0.2) is 4.98 Å². The third-order valence-corrected chi connectivity index (χ3v) is 5.53. The number of alkyl halides is 3. The van der Waals surface area contributed by atoms with Crippen LogP contribution in [0.3, 0.4) is 0 Å². The van der Waals surface area contributed by atoms with E-state index in [0.717, 1.165) is 18.1 Å². The number of aldehydes is 1. The molecule has 1 saturated heterocycles. The summed E-state index contributed by atoms with van der Waals surface area (Å²) in [5, 5.41) is 0. The first-order chi connectivity index (χ1) is 14.3. The number of rotatable bonds is 4. The second-order valence-corrected chi connectivity index (χ2v) is 8.02. The standard InChI is InChI=1S/C14H10F3NOS.C7H15N.C2H6/c15-14(16,17)10-3-1-6-13(7-10)20-9-12-5-2-4-11(8-19)18-12;1-7-3-5-8(2)6-4-7;1-2/h1-8H,9H2;7H,3-6H2,1-2H3;1-2H3. The van der Waals surface area contributed by atoms with Crippen LogP contribution in [0.5, 0.6) is 0 Å². The van der Waals surface area contributed by atoms with Gasteiger partial charge in [0.2, 0.25) is 0 Å². The van der Waals surface area contributed by atoms with Crippen molar-refractivity contribution < 1.29 is 18.0 Å². The minimum absolute atomic E-state index is 0.312. The molecule has 0 atom stereocenters. The summed E-state index contributed by atoms with van der Waals surface area (Å²) in [5.41, 5.74) is 0.293. The number of carbonyl (C=O) groups is 1. The Labute approximate surface area is 182 Å². The normalized spacial score (nSPS) is 14.8. The largest absolute Gasteiger partial charge is 0.416 e. The second-order valence-electron chi connectivity index (χ2n) is 6.97. The van der Waals surface area contributed by atoms with Gasteiger partial charge in [-0.05, 0) is 69.2 Å².